The first-order valence-electron chi connectivity index (χ1n) is 17.2. The zero-order valence-corrected chi connectivity index (χ0v) is 28.9. The second kappa shape index (κ2) is 13.2. The average Bonchev–Trinajstić information content (AvgIpc) is 3.67. The molecule has 0 aliphatic heterocycles. The summed E-state index contributed by atoms with van der Waals surface area (Å²) in [5.74, 6) is 3.56. The Labute approximate surface area is 283 Å². The highest BCUT2D eigenvalue weighted by Gasteiger charge is 2.18. The van der Waals surface area contributed by atoms with Crippen molar-refractivity contribution in [1.29, 1.82) is 0 Å². The Kier molecular flexibility index (Phi) is 8.62. The van der Waals surface area contributed by atoms with Crippen LogP contribution in [0.1, 0.15) is 56.9 Å². The van der Waals surface area contributed by atoms with Crippen molar-refractivity contribution in [3.8, 4) is 34.1 Å². The van der Waals surface area contributed by atoms with E-state index in [1.54, 1.807) is 0 Å². The molecule has 48 heavy (non-hydrogen) atoms. The number of fused-ring (bicyclic) bond motifs is 3. The molecule has 0 amide bonds. The van der Waals surface area contributed by atoms with Crippen LogP contribution < -0.4 is 4.74 Å². The molecule has 3 heterocycles. The molecule has 0 radical (unpaired) electrons. The molecule has 7 rings (SSSR count). The van der Waals surface area contributed by atoms with E-state index in [9.17, 15) is 0 Å². The molecule has 4 aromatic carbocycles. The van der Waals surface area contributed by atoms with Crippen molar-refractivity contribution in [2.75, 3.05) is 0 Å². The minimum absolute atomic E-state index is 0.570. The second-order valence-electron chi connectivity index (χ2n) is 13.8. The summed E-state index contributed by atoms with van der Waals surface area (Å²) in [4.78, 5) is 4.72. The van der Waals surface area contributed by atoms with Gasteiger partial charge in [-0.1, -0.05) is 71.0 Å². The minimum atomic E-state index is 0.570. The van der Waals surface area contributed by atoms with Crippen LogP contribution in [0, 0.1) is 18.8 Å². The molecule has 0 N–H and O–H groups in total. The van der Waals surface area contributed by atoms with E-state index in [1.807, 2.05) is 41.3 Å². The summed E-state index contributed by atoms with van der Waals surface area (Å²) in [7, 11) is 0. The molecule has 0 aliphatic rings. The summed E-state index contributed by atoms with van der Waals surface area (Å²) >= 11 is 0. The Balaban J connectivity index is 1.24. The number of ether oxygens (including phenoxy) is 1. The predicted molar refractivity (Wildman–Crippen MR) is 199 cm³/mol. The number of pyridine rings is 1. The van der Waals surface area contributed by atoms with E-state index in [1.165, 1.54) is 44.2 Å². The van der Waals surface area contributed by atoms with Gasteiger partial charge < -0.3 is 4.74 Å². The van der Waals surface area contributed by atoms with Crippen molar-refractivity contribution in [3.63, 3.8) is 0 Å². The lowest BCUT2D eigenvalue weighted by molar-refractivity contribution is 0.483. The molecule has 0 bridgehead atoms. The normalized spacial score (nSPS) is 11.8. The number of aromatic nitrogens is 4. The Morgan fingerprint density at radius 1 is 0.729 bits per heavy atom. The lowest BCUT2D eigenvalue weighted by Crippen LogP contribution is -2.05. The number of aryl methyl sites for hydroxylation is 2. The monoisotopic (exact) mass is 632 g/mol. The van der Waals surface area contributed by atoms with E-state index in [2.05, 4.69) is 119 Å². The van der Waals surface area contributed by atoms with Crippen LogP contribution in [0.5, 0.6) is 11.5 Å². The van der Waals surface area contributed by atoms with Crippen LogP contribution in [0.25, 0.3) is 44.4 Å². The quantitative estimate of drug-likeness (QED) is 0.151. The van der Waals surface area contributed by atoms with Crippen molar-refractivity contribution >= 4 is 21.8 Å². The fourth-order valence-electron chi connectivity index (χ4n) is 6.94. The largest absolute Gasteiger partial charge is 0.457 e. The number of para-hydroxylation sites is 1. The molecule has 0 aliphatic carbocycles. The molecule has 5 heteroatoms. The highest BCUT2D eigenvalue weighted by Crippen LogP contribution is 2.36. The number of nitrogens with zero attached hydrogens (tertiary/aromatic N) is 4. The molecular formula is C43H44N4O. The first-order valence-corrected chi connectivity index (χ1v) is 17.2. The maximum atomic E-state index is 6.53. The predicted octanol–water partition coefficient (Wildman–Crippen LogP) is 11.1. The van der Waals surface area contributed by atoms with Crippen LogP contribution in [0.3, 0.4) is 0 Å². The molecule has 5 nitrogen and oxygen atoms in total. The molecule has 0 spiro atoms. The van der Waals surface area contributed by atoms with E-state index < -0.39 is 0 Å². The fraction of sp³-hybridized carbons (Fsp3) is 0.256. The topological polar surface area (TPSA) is 44.9 Å². The summed E-state index contributed by atoms with van der Waals surface area (Å²) in [5.41, 5.74) is 11.1. The van der Waals surface area contributed by atoms with Crippen molar-refractivity contribution in [2.45, 2.75) is 60.8 Å². The van der Waals surface area contributed by atoms with Gasteiger partial charge in [-0.2, -0.15) is 5.10 Å². The third kappa shape index (κ3) is 6.25. The number of benzene rings is 4. The van der Waals surface area contributed by atoms with Crippen LogP contribution in [0.15, 0.2) is 110 Å². The van der Waals surface area contributed by atoms with Crippen molar-refractivity contribution in [3.05, 3.63) is 132 Å². The Hall–Kier alpha value is -5.16. The van der Waals surface area contributed by atoms with E-state index in [-0.39, 0.29) is 0 Å². The van der Waals surface area contributed by atoms with Crippen molar-refractivity contribution < 1.29 is 4.74 Å². The van der Waals surface area contributed by atoms with Gasteiger partial charge in [0, 0.05) is 40.9 Å². The van der Waals surface area contributed by atoms with Gasteiger partial charge in [0.05, 0.1) is 22.9 Å². The van der Waals surface area contributed by atoms with Crippen LogP contribution in [-0.4, -0.2) is 19.3 Å². The molecule has 0 saturated carbocycles. The van der Waals surface area contributed by atoms with Crippen molar-refractivity contribution in [1.82, 2.24) is 19.3 Å². The molecular weight excluding hydrogens is 589 g/mol. The van der Waals surface area contributed by atoms with Crippen molar-refractivity contribution in [2.24, 2.45) is 11.8 Å². The van der Waals surface area contributed by atoms with Gasteiger partial charge in [-0.3, -0.25) is 4.57 Å². The molecule has 0 saturated heterocycles. The summed E-state index contributed by atoms with van der Waals surface area (Å²) in [6.07, 6.45) is 9.20. The lowest BCUT2D eigenvalue weighted by atomic mass is 9.86. The molecule has 7 aromatic rings. The first-order chi connectivity index (χ1) is 23.3. The van der Waals surface area contributed by atoms with E-state index in [0.29, 0.717) is 11.8 Å². The molecule has 0 unspecified atom stereocenters. The maximum absolute atomic E-state index is 6.53. The minimum Gasteiger partial charge on any atom is -0.457 e. The van der Waals surface area contributed by atoms with Gasteiger partial charge >= 0.3 is 0 Å². The summed E-state index contributed by atoms with van der Waals surface area (Å²) in [5, 5.41) is 7.22. The smallest absolute Gasteiger partial charge is 0.137 e. The fourth-order valence-corrected chi connectivity index (χ4v) is 6.94. The van der Waals surface area contributed by atoms with Gasteiger partial charge in [-0.05, 0) is 108 Å². The van der Waals surface area contributed by atoms with Crippen LogP contribution in [-0.2, 0) is 19.3 Å². The average molecular weight is 633 g/mol. The first kappa shape index (κ1) is 31.4. The van der Waals surface area contributed by atoms with Crippen LogP contribution in [0.4, 0.5) is 0 Å². The lowest BCUT2D eigenvalue weighted by Gasteiger charge is -2.19. The van der Waals surface area contributed by atoms with Gasteiger partial charge in [0.1, 0.15) is 17.3 Å². The summed E-state index contributed by atoms with van der Waals surface area (Å²) in [6.45, 7) is 13.6. The Bertz CT molecular complexity index is 2200. The zero-order chi connectivity index (χ0) is 33.4. The third-order valence-corrected chi connectivity index (χ3v) is 8.99. The highest BCUT2D eigenvalue weighted by molar-refractivity contribution is 6.09. The molecule has 0 fully saturated rings. The standard InChI is InChI=1S/C43H44N4O/c1-7-31-22-32(19-28(2)3)43(33(23-31)20-29(4)5)34-26-45-46(27-34)35-11-10-12-36(24-35)48-37-15-16-39-38-13-8-9-14-40(38)47(41(39)25-37)42-21-30(6)17-18-44-42/h8-18,21-29H,7,19-20H2,1-6H3. The maximum Gasteiger partial charge on any atom is 0.137 e. The van der Waals surface area contributed by atoms with E-state index >= 15 is 0 Å². The van der Waals surface area contributed by atoms with E-state index in [4.69, 9.17) is 14.8 Å². The Morgan fingerprint density at radius 3 is 2.19 bits per heavy atom. The number of rotatable bonds is 10. The highest BCUT2D eigenvalue weighted by atomic mass is 16.5. The molecule has 0 atom stereocenters. The van der Waals surface area contributed by atoms with Gasteiger partial charge in [0.15, 0.2) is 0 Å². The Morgan fingerprint density at radius 2 is 1.46 bits per heavy atom. The zero-order valence-electron chi connectivity index (χ0n) is 28.9. The molecule has 242 valence electrons. The summed E-state index contributed by atoms with van der Waals surface area (Å²) in [6, 6.07) is 31.9. The summed E-state index contributed by atoms with van der Waals surface area (Å²) < 4.78 is 10.7. The van der Waals surface area contributed by atoms with Gasteiger partial charge in [0.25, 0.3) is 0 Å². The number of hydrogen-bond donors (Lipinski definition) is 0. The molecule has 3 aromatic heterocycles. The van der Waals surface area contributed by atoms with Gasteiger partial charge in [-0.25, -0.2) is 9.67 Å². The van der Waals surface area contributed by atoms with Gasteiger partial charge in [-0.15, -0.1) is 0 Å². The van der Waals surface area contributed by atoms with Gasteiger partial charge in [0.2, 0.25) is 0 Å². The SMILES string of the molecule is CCc1cc(CC(C)C)c(-c2cnn(-c3cccc(Oc4ccc5c6ccccc6n(-c6cc(C)ccn6)c5c4)c3)c2)c(CC(C)C)c1. The van der Waals surface area contributed by atoms with Crippen LogP contribution in [0.2, 0.25) is 0 Å². The second-order valence-corrected chi connectivity index (χ2v) is 13.8. The number of hydrogen-bond acceptors (Lipinski definition) is 3. The van der Waals surface area contributed by atoms with E-state index in [0.717, 1.165) is 53.3 Å². The third-order valence-electron chi connectivity index (χ3n) is 8.99. The van der Waals surface area contributed by atoms with Crippen LogP contribution >= 0.6 is 0 Å².